The Morgan fingerprint density at radius 3 is 2.60 bits per heavy atom. The predicted octanol–water partition coefficient (Wildman–Crippen LogP) is 3.70. The van der Waals surface area contributed by atoms with Gasteiger partial charge in [-0.25, -0.2) is 5.43 Å². The molecule has 184 valence electrons. The van der Waals surface area contributed by atoms with Crippen LogP contribution in [0.2, 0.25) is 0 Å². The van der Waals surface area contributed by atoms with Crippen LogP contribution in [0.5, 0.6) is 11.5 Å². The second-order valence-corrected chi connectivity index (χ2v) is 9.29. The number of hydrogen-bond acceptors (Lipinski definition) is 9. The molecule has 0 atom stereocenters. The van der Waals surface area contributed by atoms with Crippen LogP contribution in [0.15, 0.2) is 58.0 Å². The molecule has 1 aromatic heterocycles. The van der Waals surface area contributed by atoms with Crippen molar-refractivity contribution in [2.24, 2.45) is 5.10 Å². The number of carbonyl (C=O) groups excluding carboxylic acids is 2. The van der Waals surface area contributed by atoms with Gasteiger partial charge in [0.05, 0.1) is 19.1 Å². The number of ether oxygens (including phenoxy) is 2. The maximum Gasteiger partial charge on any atom is 0.260 e. The molecule has 0 saturated heterocycles. The Bertz CT molecular complexity index is 1150. The van der Waals surface area contributed by atoms with Gasteiger partial charge in [-0.1, -0.05) is 53.4 Å². The van der Waals surface area contributed by atoms with Gasteiger partial charge in [0.15, 0.2) is 22.4 Å². The number of thioether (sulfide) groups is 1. The number of amides is 2. The van der Waals surface area contributed by atoms with Gasteiger partial charge in [-0.3, -0.25) is 9.59 Å². The number of rotatable bonds is 12. The fourth-order valence-corrected chi connectivity index (χ4v) is 4.64. The standard InChI is InChI=1S/C24H27N5O4S2/c1-4-29(5-2)22(31)15-33-19-12-11-17(13-20(19)32-3)14-25-26-21(30)16-34-24-28-27-23(35-24)18-9-7-6-8-10-18/h6-14H,4-5,15-16H2,1-3H3,(H,26,30). The fourth-order valence-electron chi connectivity index (χ4n) is 2.99. The van der Waals surface area contributed by atoms with Crippen LogP contribution in [-0.2, 0) is 9.59 Å². The number of methoxy groups -OCH3 is 1. The number of hydrogen-bond donors (Lipinski definition) is 1. The van der Waals surface area contributed by atoms with Crippen LogP contribution in [0, 0.1) is 0 Å². The molecule has 0 fully saturated rings. The van der Waals surface area contributed by atoms with Gasteiger partial charge in [0.1, 0.15) is 5.01 Å². The predicted molar refractivity (Wildman–Crippen MR) is 138 cm³/mol. The van der Waals surface area contributed by atoms with Crippen LogP contribution in [0.1, 0.15) is 19.4 Å². The number of likely N-dealkylation sites (N-methyl/N-ethyl adjacent to an activating group) is 1. The third-order valence-corrected chi connectivity index (χ3v) is 6.92. The van der Waals surface area contributed by atoms with E-state index >= 15 is 0 Å². The highest BCUT2D eigenvalue weighted by Crippen LogP contribution is 2.29. The number of hydrazone groups is 1. The zero-order valence-electron chi connectivity index (χ0n) is 19.8. The van der Waals surface area contributed by atoms with E-state index in [-0.39, 0.29) is 24.2 Å². The smallest absolute Gasteiger partial charge is 0.260 e. The Hall–Kier alpha value is -3.44. The zero-order chi connectivity index (χ0) is 25.0. The third kappa shape index (κ3) is 7.79. The van der Waals surface area contributed by atoms with Crippen molar-refractivity contribution in [1.82, 2.24) is 20.5 Å². The first-order valence-corrected chi connectivity index (χ1v) is 12.8. The molecule has 0 spiro atoms. The molecular formula is C24H27N5O4S2. The molecule has 0 aliphatic carbocycles. The quantitative estimate of drug-likeness (QED) is 0.224. The van der Waals surface area contributed by atoms with E-state index in [2.05, 4.69) is 20.7 Å². The molecule has 1 heterocycles. The van der Waals surface area contributed by atoms with E-state index in [1.54, 1.807) is 23.1 Å². The fraction of sp³-hybridized carbons (Fsp3) is 0.292. The molecule has 0 bridgehead atoms. The van der Waals surface area contributed by atoms with E-state index in [0.717, 1.165) is 10.6 Å². The van der Waals surface area contributed by atoms with Gasteiger partial charge < -0.3 is 14.4 Å². The summed E-state index contributed by atoms with van der Waals surface area (Å²) in [6.07, 6.45) is 1.51. The lowest BCUT2D eigenvalue weighted by molar-refractivity contribution is -0.133. The van der Waals surface area contributed by atoms with Crippen molar-refractivity contribution in [2.75, 3.05) is 32.6 Å². The van der Waals surface area contributed by atoms with Crippen LogP contribution in [0.3, 0.4) is 0 Å². The largest absolute Gasteiger partial charge is 0.493 e. The average molecular weight is 514 g/mol. The SMILES string of the molecule is CCN(CC)C(=O)COc1ccc(C=NNC(=O)CSc2nnc(-c3ccccc3)s2)cc1OC. The highest BCUT2D eigenvalue weighted by atomic mass is 32.2. The Morgan fingerprint density at radius 1 is 1.11 bits per heavy atom. The molecule has 2 amide bonds. The molecule has 3 aromatic rings. The van der Waals surface area contributed by atoms with Crippen molar-refractivity contribution >= 4 is 41.1 Å². The monoisotopic (exact) mass is 513 g/mol. The topological polar surface area (TPSA) is 106 Å². The molecule has 3 rings (SSSR count). The summed E-state index contributed by atoms with van der Waals surface area (Å²) in [6.45, 7) is 5.04. The minimum Gasteiger partial charge on any atom is -0.493 e. The van der Waals surface area contributed by atoms with Crippen molar-refractivity contribution in [2.45, 2.75) is 18.2 Å². The molecular weight excluding hydrogens is 486 g/mol. The molecule has 0 radical (unpaired) electrons. The summed E-state index contributed by atoms with van der Waals surface area (Å²) < 4.78 is 11.7. The number of carbonyl (C=O) groups is 2. The molecule has 0 aliphatic rings. The molecule has 0 unspecified atom stereocenters. The summed E-state index contributed by atoms with van der Waals surface area (Å²) in [5.41, 5.74) is 4.20. The van der Waals surface area contributed by atoms with Crippen LogP contribution in [-0.4, -0.2) is 65.7 Å². The summed E-state index contributed by atoms with van der Waals surface area (Å²) in [6, 6.07) is 14.9. The highest BCUT2D eigenvalue weighted by Gasteiger charge is 2.13. The first kappa shape index (κ1) is 26.2. The Labute approximate surface area is 212 Å². The van der Waals surface area contributed by atoms with E-state index in [0.29, 0.717) is 34.5 Å². The van der Waals surface area contributed by atoms with Crippen molar-refractivity contribution in [3.63, 3.8) is 0 Å². The van der Waals surface area contributed by atoms with Crippen LogP contribution < -0.4 is 14.9 Å². The average Bonchev–Trinajstić information content (AvgIpc) is 3.37. The maximum atomic E-state index is 12.2. The second kappa shape index (κ2) is 13.4. The van der Waals surface area contributed by atoms with Crippen molar-refractivity contribution < 1.29 is 19.1 Å². The van der Waals surface area contributed by atoms with E-state index in [4.69, 9.17) is 9.47 Å². The van der Waals surface area contributed by atoms with Gasteiger partial charge in [0.2, 0.25) is 0 Å². The first-order chi connectivity index (χ1) is 17.0. The number of nitrogens with zero attached hydrogens (tertiary/aromatic N) is 4. The van der Waals surface area contributed by atoms with Gasteiger partial charge in [0, 0.05) is 18.7 Å². The lowest BCUT2D eigenvalue weighted by Gasteiger charge is -2.19. The van der Waals surface area contributed by atoms with E-state index in [1.807, 2.05) is 44.2 Å². The zero-order valence-corrected chi connectivity index (χ0v) is 21.4. The lowest BCUT2D eigenvalue weighted by atomic mass is 10.2. The summed E-state index contributed by atoms with van der Waals surface area (Å²) in [7, 11) is 1.52. The van der Waals surface area contributed by atoms with Gasteiger partial charge in [-0.15, -0.1) is 10.2 Å². The van der Waals surface area contributed by atoms with E-state index in [9.17, 15) is 9.59 Å². The summed E-state index contributed by atoms with van der Waals surface area (Å²) in [4.78, 5) is 26.0. The minimum absolute atomic E-state index is 0.0688. The second-order valence-electron chi connectivity index (χ2n) is 7.09. The number of nitrogens with one attached hydrogen (secondary N) is 1. The molecule has 9 nitrogen and oxygen atoms in total. The molecule has 0 aliphatic heterocycles. The third-order valence-electron chi connectivity index (χ3n) is 4.81. The Kier molecular flexibility index (Phi) is 10.1. The lowest BCUT2D eigenvalue weighted by Crippen LogP contribution is -2.34. The normalized spacial score (nSPS) is 10.8. The van der Waals surface area contributed by atoms with Crippen LogP contribution >= 0.6 is 23.1 Å². The van der Waals surface area contributed by atoms with Gasteiger partial charge >= 0.3 is 0 Å². The van der Waals surface area contributed by atoms with Crippen LogP contribution in [0.25, 0.3) is 10.6 Å². The van der Waals surface area contributed by atoms with E-state index < -0.39 is 0 Å². The van der Waals surface area contributed by atoms with Crippen molar-refractivity contribution in [1.29, 1.82) is 0 Å². The molecule has 0 saturated carbocycles. The van der Waals surface area contributed by atoms with E-state index in [1.165, 1.54) is 36.4 Å². The van der Waals surface area contributed by atoms with Gasteiger partial charge in [-0.05, 0) is 37.6 Å². The molecule has 35 heavy (non-hydrogen) atoms. The summed E-state index contributed by atoms with van der Waals surface area (Å²) in [5.74, 6) is 0.737. The van der Waals surface area contributed by atoms with Crippen molar-refractivity contribution in [3.05, 3.63) is 54.1 Å². The Morgan fingerprint density at radius 2 is 1.89 bits per heavy atom. The molecule has 2 aromatic carbocycles. The molecule has 11 heteroatoms. The molecule has 1 N–H and O–H groups in total. The highest BCUT2D eigenvalue weighted by molar-refractivity contribution is 8.01. The minimum atomic E-state index is -0.260. The number of benzene rings is 2. The van der Waals surface area contributed by atoms with Crippen LogP contribution in [0.4, 0.5) is 0 Å². The summed E-state index contributed by atoms with van der Waals surface area (Å²) >= 11 is 2.74. The van der Waals surface area contributed by atoms with Gasteiger partial charge in [-0.2, -0.15) is 5.10 Å². The van der Waals surface area contributed by atoms with Crippen molar-refractivity contribution in [3.8, 4) is 22.1 Å². The first-order valence-electron chi connectivity index (χ1n) is 11.0. The number of aromatic nitrogens is 2. The Balaban J connectivity index is 1.48. The van der Waals surface area contributed by atoms with Gasteiger partial charge in [0.25, 0.3) is 11.8 Å². The summed E-state index contributed by atoms with van der Waals surface area (Å²) in [5, 5.41) is 13.1. The maximum absolute atomic E-state index is 12.2.